The molecule has 0 fully saturated rings. The standard InChI is InChI=1S/C17H21O2Si/c1-4-5-6-15-10-9-14-8-7-13(12-18)11-16(14)17(15)19-20(2)3/h7-12H,4-6H2,1-3H3. The van der Waals surface area contributed by atoms with Crippen molar-refractivity contribution < 1.29 is 9.22 Å². The highest BCUT2D eigenvalue weighted by Gasteiger charge is 2.12. The minimum absolute atomic E-state index is 0.705. The van der Waals surface area contributed by atoms with E-state index in [0.29, 0.717) is 5.56 Å². The Morgan fingerprint density at radius 3 is 2.60 bits per heavy atom. The third-order valence-electron chi connectivity index (χ3n) is 3.32. The molecule has 0 bridgehead atoms. The van der Waals surface area contributed by atoms with Crippen LogP contribution < -0.4 is 4.43 Å². The van der Waals surface area contributed by atoms with Gasteiger partial charge in [-0.25, -0.2) is 0 Å². The van der Waals surface area contributed by atoms with Crippen LogP contribution in [-0.4, -0.2) is 15.3 Å². The second-order valence-corrected chi connectivity index (χ2v) is 7.29. The molecule has 0 aliphatic carbocycles. The van der Waals surface area contributed by atoms with Crippen molar-refractivity contribution in [2.24, 2.45) is 0 Å². The van der Waals surface area contributed by atoms with E-state index in [1.54, 1.807) is 0 Å². The van der Waals surface area contributed by atoms with Gasteiger partial charge in [-0.15, -0.1) is 0 Å². The summed E-state index contributed by atoms with van der Waals surface area (Å²) in [6.45, 7) is 6.47. The number of aldehydes is 1. The molecule has 105 valence electrons. The van der Waals surface area contributed by atoms with Gasteiger partial charge in [-0.05, 0) is 43.0 Å². The number of aryl methyl sites for hydroxylation is 1. The first kappa shape index (κ1) is 14.8. The van der Waals surface area contributed by atoms with Gasteiger partial charge in [0.2, 0.25) is 0 Å². The Bertz CT molecular complexity index is 605. The van der Waals surface area contributed by atoms with E-state index in [4.69, 9.17) is 4.43 Å². The second kappa shape index (κ2) is 6.71. The van der Waals surface area contributed by atoms with E-state index in [1.165, 1.54) is 12.0 Å². The van der Waals surface area contributed by atoms with Gasteiger partial charge in [0.05, 0.1) is 0 Å². The van der Waals surface area contributed by atoms with Crippen molar-refractivity contribution in [3.05, 3.63) is 41.5 Å². The van der Waals surface area contributed by atoms with Gasteiger partial charge in [-0.1, -0.05) is 37.6 Å². The summed E-state index contributed by atoms with van der Waals surface area (Å²) in [5.41, 5.74) is 1.96. The summed E-state index contributed by atoms with van der Waals surface area (Å²) in [5.74, 6) is 0.985. The molecule has 2 rings (SSSR count). The normalized spacial score (nSPS) is 11.0. The molecule has 1 radical (unpaired) electrons. The Hall–Kier alpha value is -1.61. The van der Waals surface area contributed by atoms with Crippen LogP contribution in [0.25, 0.3) is 10.8 Å². The molecule has 3 heteroatoms. The molecule has 0 heterocycles. The lowest BCUT2D eigenvalue weighted by Crippen LogP contribution is -2.13. The Morgan fingerprint density at radius 1 is 1.20 bits per heavy atom. The average Bonchev–Trinajstić information content (AvgIpc) is 2.45. The van der Waals surface area contributed by atoms with Crippen LogP contribution in [0.15, 0.2) is 30.3 Å². The number of carbonyl (C=O) groups excluding carboxylic acids is 1. The smallest absolute Gasteiger partial charge is 0.274 e. The lowest BCUT2D eigenvalue weighted by molar-refractivity contribution is 0.112. The van der Waals surface area contributed by atoms with Crippen LogP contribution in [0, 0.1) is 0 Å². The summed E-state index contributed by atoms with van der Waals surface area (Å²) in [4.78, 5) is 11.0. The van der Waals surface area contributed by atoms with Crippen molar-refractivity contribution >= 4 is 26.1 Å². The molecule has 0 aliphatic heterocycles. The molecule has 0 unspecified atom stereocenters. The highest BCUT2D eigenvalue weighted by atomic mass is 28.3. The number of benzene rings is 2. The van der Waals surface area contributed by atoms with E-state index in [2.05, 4.69) is 32.2 Å². The Balaban J connectivity index is 2.57. The maximum absolute atomic E-state index is 11.0. The van der Waals surface area contributed by atoms with Gasteiger partial charge in [-0.2, -0.15) is 0 Å². The van der Waals surface area contributed by atoms with E-state index < -0.39 is 9.04 Å². The second-order valence-electron chi connectivity index (χ2n) is 5.27. The molecule has 2 aromatic carbocycles. The van der Waals surface area contributed by atoms with Crippen molar-refractivity contribution in [3.8, 4) is 5.75 Å². The molecule has 0 aliphatic rings. The van der Waals surface area contributed by atoms with E-state index in [1.807, 2.05) is 18.2 Å². The molecular formula is C17H21O2Si. The molecular weight excluding hydrogens is 264 g/mol. The third kappa shape index (κ3) is 3.28. The third-order valence-corrected chi connectivity index (χ3v) is 3.93. The van der Waals surface area contributed by atoms with Crippen LogP contribution >= 0.6 is 0 Å². The lowest BCUT2D eigenvalue weighted by atomic mass is 10.00. The number of unbranched alkanes of at least 4 members (excludes halogenated alkanes) is 1. The predicted octanol–water partition coefficient (Wildman–Crippen LogP) is 4.62. The molecule has 0 saturated heterocycles. The Kier molecular flexibility index (Phi) is 4.96. The summed E-state index contributed by atoms with van der Waals surface area (Å²) in [5, 5.41) is 2.20. The lowest BCUT2D eigenvalue weighted by Gasteiger charge is -2.16. The topological polar surface area (TPSA) is 26.3 Å². The molecule has 0 atom stereocenters. The van der Waals surface area contributed by atoms with E-state index in [-0.39, 0.29) is 0 Å². The van der Waals surface area contributed by atoms with Gasteiger partial charge in [-0.3, -0.25) is 4.79 Å². The van der Waals surface area contributed by atoms with Gasteiger partial charge in [0.25, 0.3) is 9.04 Å². The van der Waals surface area contributed by atoms with Crippen LogP contribution in [0.1, 0.15) is 35.7 Å². The van der Waals surface area contributed by atoms with Gasteiger partial charge in [0.15, 0.2) is 0 Å². The van der Waals surface area contributed by atoms with Gasteiger partial charge < -0.3 is 4.43 Å². The van der Waals surface area contributed by atoms with Crippen LogP contribution in [0.2, 0.25) is 13.1 Å². The van der Waals surface area contributed by atoms with Crippen molar-refractivity contribution in [1.29, 1.82) is 0 Å². The maximum Gasteiger partial charge on any atom is 0.274 e. The first-order valence-electron chi connectivity index (χ1n) is 7.14. The van der Waals surface area contributed by atoms with Crippen LogP contribution in [0.5, 0.6) is 5.75 Å². The number of hydrogen-bond donors (Lipinski definition) is 0. The van der Waals surface area contributed by atoms with Gasteiger partial charge in [0.1, 0.15) is 12.0 Å². The monoisotopic (exact) mass is 285 g/mol. The molecule has 2 aromatic rings. The van der Waals surface area contributed by atoms with E-state index >= 15 is 0 Å². The van der Waals surface area contributed by atoms with Crippen molar-refractivity contribution in [2.45, 2.75) is 39.3 Å². The number of carbonyl (C=O) groups is 1. The fourth-order valence-electron chi connectivity index (χ4n) is 2.32. The van der Waals surface area contributed by atoms with E-state index in [0.717, 1.165) is 35.6 Å². The fraction of sp³-hybridized carbons (Fsp3) is 0.353. The highest BCUT2D eigenvalue weighted by molar-refractivity contribution is 6.49. The molecule has 0 amide bonds. The quantitative estimate of drug-likeness (QED) is 0.571. The average molecular weight is 285 g/mol. The Morgan fingerprint density at radius 2 is 1.95 bits per heavy atom. The first-order chi connectivity index (χ1) is 9.65. The number of rotatable bonds is 6. The molecule has 0 spiro atoms. The van der Waals surface area contributed by atoms with Crippen molar-refractivity contribution in [1.82, 2.24) is 0 Å². The fourth-order valence-corrected chi connectivity index (χ4v) is 2.97. The summed E-state index contributed by atoms with van der Waals surface area (Å²) >= 11 is 0. The highest BCUT2D eigenvalue weighted by Crippen LogP contribution is 2.32. The largest absolute Gasteiger partial charge is 0.542 e. The molecule has 20 heavy (non-hydrogen) atoms. The Labute approximate surface area is 122 Å². The molecule has 0 saturated carbocycles. The minimum Gasteiger partial charge on any atom is -0.542 e. The summed E-state index contributed by atoms with van der Waals surface area (Å²) < 4.78 is 6.14. The zero-order chi connectivity index (χ0) is 14.5. The van der Waals surface area contributed by atoms with Crippen LogP contribution in [0.3, 0.4) is 0 Å². The summed E-state index contributed by atoms with van der Waals surface area (Å²) in [6, 6.07) is 10.1. The van der Waals surface area contributed by atoms with Crippen LogP contribution in [-0.2, 0) is 6.42 Å². The van der Waals surface area contributed by atoms with Gasteiger partial charge >= 0.3 is 0 Å². The van der Waals surface area contributed by atoms with E-state index in [9.17, 15) is 4.79 Å². The minimum atomic E-state index is -0.831. The zero-order valence-electron chi connectivity index (χ0n) is 12.4. The summed E-state index contributed by atoms with van der Waals surface area (Å²) in [7, 11) is -0.831. The zero-order valence-corrected chi connectivity index (χ0v) is 13.4. The molecule has 2 nitrogen and oxygen atoms in total. The first-order valence-corrected chi connectivity index (χ1v) is 9.55. The number of fused-ring (bicyclic) bond motifs is 1. The SMILES string of the molecule is CCCCc1ccc2ccc(C=O)cc2c1O[Si](C)C. The van der Waals surface area contributed by atoms with Crippen molar-refractivity contribution in [2.75, 3.05) is 0 Å². The van der Waals surface area contributed by atoms with Crippen LogP contribution in [0.4, 0.5) is 0 Å². The predicted molar refractivity (Wildman–Crippen MR) is 86.1 cm³/mol. The molecule has 0 aromatic heterocycles. The van der Waals surface area contributed by atoms with Crippen molar-refractivity contribution in [3.63, 3.8) is 0 Å². The number of hydrogen-bond acceptors (Lipinski definition) is 2. The molecule has 0 N–H and O–H groups in total. The maximum atomic E-state index is 11.0. The van der Waals surface area contributed by atoms with Gasteiger partial charge in [0, 0.05) is 10.9 Å². The summed E-state index contributed by atoms with van der Waals surface area (Å²) in [6.07, 6.45) is 4.25.